The summed E-state index contributed by atoms with van der Waals surface area (Å²) >= 11 is 0. The third-order valence-corrected chi connectivity index (χ3v) is 0.424. The minimum absolute atomic E-state index is 0. The summed E-state index contributed by atoms with van der Waals surface area (Å²) < 4.78 is 4.00. The molecular weight excluding hydrogens is 216 g/mol. The first-order valence-corrected chi connectivity index (χ1v) is 2.08. The molecule has 0 aliphatic rings. The fourth-order valence-corrected chi connectivity index (χ4v) is 0.202. The fraction of sp³-hybridized carbons (Fsp3) is 0.500. The normalized spacial score (nSPS) is 7.33. The number of ether oxygens (including phenoxy) is 1. The van der Waals surface area contributed by atoms with Crippen molar-refractivity contribution in [3.05, 3.63) is 0 Å². The van der Waals surface area contributed by atoms with Crippen molar-refractivity contribution in [2.75, 3.05) is 6.54 Å². The molecule has 0 bridgehead atoms. The summed E-state index contributed by atoms with van der Waals surface area (Å²) in [5.74, 6) is -1.32. The molecule has 0 aromatic rings. The molecule has 0 spiro atoms. The number of esters is 2. The summed E-state index contributed by atoms with van der Waals surface area (Å²) in [4.78, 5) is 20.0. The van der Waals surface area contributed by atoms with E-state index in [-0.39, 0.29) is 27.0 Å². The Kier molecular flexibility index (Phi) is 7.56. The van der Waals surface area contributed by atoms with Crippen LogP contribution in [0.5, 0.6) is 0 Å². The smallest absolute Gasteiger partial charge is 0.327 e. The van der Waals surface area contributed by atoms with E-state index in [0.717, 1.165) is 6.92 Å². The summed E-state index contributed by atoms with van der Waals surface area (Å²) in [5.41, 5.74) is 4.79. The van der Waals surface area contributed by atoms with E-state index in [2.05, 4.69) is 4.74 Å². The van der Waals surface area contributed by atoms with Gasteiger partial charge >= 0.3 is 11.9 Å². The first-order chi connectivity index (χ1) is 3.66. The van der Waals surface area contributed by atoms with Crippen LogP contribution >= 0.6 is 0 Å². The Bertz CT molecular complexity index is 114. The van der Waals surface area contributed by atoms with Gasteiger partial charge in [-0.25, -0.2) is 0 Å². The second-order valence-electron chi connectivity index (χ2n) is 1.17. The van der Waals surface area contributed by atoms with Gasteiger partial charge < -0.3 is 10.5 Å². The molecule has 0 atom stereocenters. The maximum absolute atomic E-state index is 10.1. The molecule has 0 saturated carbocycles. The quantitative estimate of drug-likeness (QED) is 0.353. The van der Waals surface area contributed by atoms with Crippen LogP contribution in [0, 0.1) is 0 Å². The Morgan fingerprint density at radius 3 is 2.11 bits per heavy atom. The fourth-order valence-electron chi connectivity index (χ4n) is 0.202. The van der Waals surface area contributed by atoms with Crippen molar-refractivity contribution in [1.29, 1.82) is 0 Å². The maximum atomic E-state index is 10.1. The van der Waals surface area contributed by atoms with Crippen molar-refractivity contribution >= 4 is 11.9 Å². The van der Waals surface area contributed by atoms with Crippen molar-refractivity contribution in [3.63, 3.8) is 0 Å². The molecular formula is C4H7NO3Pd. The summed E-state index contributed by atoms with van der Waals surface area (Å²) in [7, 11) is 0. The minimum atomic E-state index is -0.697. The summed E-state index contributed by atoms with van der Waals surface area (Å²) in [6.07, 6.45) is 0. The van der Waals surface area contributed by atoms with E-state index in [1.165, 1.54) is 0 Å². The zero-order chi connectivity index (χ0) is 6.57. The molecule has 2 N–H and O–H groups in total. The molecule has 0 radical (unpaired) electrons. The van der Waals surface area contributed by atoms with Crippen LogP contribution in [-0.4, -0.2) is 18.5 Å². The van der Waals surface area contributed by atoms with Gasteiger partial charge in [-0.1, -0.05) is 0 Å². The Labute approximate surface area is 66.4 Å². The van der Waals surface area contributed by atoms with Crippen LogP contribution in [0.1, 0.15) is 6.92 Å². The average Bonchev–Trinajstić information content (AvgIpc) is 1.65. The van der Waals surface area contributed by atoms with E-state index in [1.807, 2.05) is 0 Å². The molecule has 0 amide bonds. The topological polar surface area (TPSA) is 69.4 Å². The second-order valence-corrected chi connectivity index (χ2v) is 1.17. The predicted molar refractivity (Wildman–Crippen MR) is 25.8 cm³/mol. The number of hydrogen-bond donors (Lipinski definition) is 1. The van der Waals surface area contributed by atoms with Crippen molar-refractivity contribution in [2.24, 2.45) is 5.73 Å². The van der Waals surface area contributed by atoms with Crippen molar-refractivity contribution in [3.8, 4) is 0 Å². The molecule has 0 aromatic carbocycles. The van der Waals surface area contributed by atoms with Gasteiger partial charge in [-0.2, -0.15) is 0 Å². The third-order valence-electron chi connectivity index (χ3n) is 0.424. The molecule has 4 nitrogen and oxygen atoms in total. The zero-order valence-electron chi connectivity index (χ0n) is 4.83. The van der Waals surface area contributed by atoms with Gasteiger partial charge in [-0.15, -0.1) is 0 Å². The second kappa shape index (κ2) is 5.89. The van der Waals surface area contributed by atoms with Crippen molar-refractivity contribution in [2.45, 2.75) is 6.92 Å². The standard InChI is InChI=1S/C4H7NO3.Pd/c1-3(6)8-4(7)2-5;/h2,5H2,1H3;. The van der Waals surface area contributed by atoms with Crippen LogP contribution in [-0.2, 0) is 34.7 Å². The molecule has 0 fully saturated rings. The number of hydrogen-bond acceptors (Lipinski definition) is 4. The van der Waals surface area contributed by atoms with Crippen LogP contribution in [0.4, 0.5) is 0 Å². The molecule has 0 aromatic heterocycles. The van der Waals surface area contributed by atoms with Crippen LogP contribution in [0.3, 0.4) is 0 Å². The molecule has 0 saturated heterocycles. The molecule has 56 valence electrons. The molecule has 5 heteroatoms. The van der Waals surface area contributed by atoms with Gasteiger partial charge in [0, 0.05) is 27.3 Å². The summed E-state index contributed by atoms with van der Waals surface area (Å²) in [5, 5.41) is 0. The largest absolute Gasteiger partial charge is 0.392 e. The number of carbonyl (C=O) groups is 2. The molecule has 0 aliphatic carbocycles. The van der Waals surface area contributed by atoms with E-state index < -0.39 is 11.9 Å². The Morgan fingerprint density at radius 2 is 2.00 bits per heavy atom. The first kappa shape index (κ1) is 11.5. The van der Waals surface area contributed by atoms with E-state index >= 15 is 0 Å². The Balaban J connectivity index is 0. The van der Waals surface area contributed by atoms with Crippen LogP contribution in [0.15, 0.2) is 0 Å². The molecule has 0 rings (SSSR count). The minimum Gasteiger partial charge on any atom is -0.392 e. The van der Waals surface area contributed by atoms with Gasteiger partial charge in [0.2, 0.25) is 0 Å². The molecule has 9 heavy (non-hydrogen) atoms. The van der Waals surface area contributed by atoms with Gasteiger partial charge in [0.05, 0.1) is 6.54 Å². The van der Waals surface area contributed by atoms with E-state index in [4.69, 9.17) is 5.73 Å². The SMILES string of the molecule is CC(=O)OC(=O)CN.[Pd]. The monoisotopic (exact) mass is 223 g/mol. The Hall–Kier alpha value is -0.238. The van der Waals surface area contributed by atoms with Gasteiger partial charge in [0.15, 0.2) is 0 Å². The van der Waals surface area contributed by atoms with Gasteiger partial charge in [-0.3, -0.25) is 9.59 Å². The summed E-state index contributed by atoms with van der Waals surface area (Å²) in [6.45, 7) is 0.896. The average molecular weight is 224 g/mol. The zero-order valence-corrected chi connectivity index (χ0v) is 6.38. The first-order valence-electron chi connectivity index (χ1n) is 2.08. The van der Waals surface area contributed by atoms with Gasteiger partial charge in [0.1, 0.15) is 0 Å². The number of rotatable bonds is 1. The predicted octanol–water partition coefficient (Wildman–Crippen LogP) is -0.968. The van der Waals surface area contributed by atoms with Gasteiger partial charge in [-0.05, 0) is 0 Å². The van der Waals surface area contributed by atoms with Crippen molar-refractivity contribution < 1.29 is 34.7 Å². The number of carbonyl (C=O) groups excluding carboxylic acids is 2. The third kappa shape index (κ3) is 7.76. The molecule has 0 unspecified atom stereocenters. The van der Waals surface area contributed by atoms with Crippen LogP contribution in [0.2, 0.25) is 0 Å². The van der Waals surface area contributed by atoms with E-state index in [1.54, 1.807) is 0 Å². The molecule has 0 aliphatic heterocycles. The van der Waals surface area contributed by atoms with E-state index in [0.29, 0.717) is 0 Å². The number of nitrogens with two attached hydrogens (primary N) is 1. The molecule has 0 heterocycles. The summed E-state index contributed by atoms with van der Waals surface area (Å²) in [6, 6.07) is 0. The van der Waals surface area contributed by atoms with Gasteiger partial charge in [0.25, 0.3) is 0 Å². The van der Waals surface area contributed by atoms with Crippen LogP contribution < -0.4 is 5.73 Å². The van der Waals surface area contributed by atoms with E-state index in [9.17, 15) is 9.59 Å². The maximum Gasteiger partial charge on any atom is 0.327 e. The Morgan fingerprint density at radius 1 is 1.56 bits per heavy atom. The van der Waals surface area contributed by atoms with Crippen LogP contribution in [0.25, 0.3) is 0 Å². The van der Waals surface area contributed by atoms with Crippen molar-refractivity contribution in [1.82, 2.24) is 0 Å².